The van der Waals surface area contributed by atoms with E-state index in [9.17, 15) is 4.79 Å². The van der Waals surface area contributed by atoms with Crippen molar-refractivity contribution in [3.8, 4) is 0 Å². The Morgan fingerprint density at radius 3 is 2.14 bits per heavy atom. The molecule has 0 unspecified atom stereocenters. The Hall–Kier alpha value is -0.960. The molecule has 1 N–H and O–H groups in total. The van der Waals surface area contributed by atoms with Gasteiger partial charge in [-0.3, -0.25) is 4.79 Å². The Morgan fingerprint density at radius 2 is 1.79 bits per heavy atom. The molecular weight excluding hydrogens is 194 g/mol. The standard InChI is InChI=1S/C9H11NOS.C2H6.H2/c1-7(11)10-8-3-5-9(12-2)6-4-8;1-2;/h3-6H,1-2H3,(H,10,11);1-2H3;1H. The van der Waals surface area contributed by atoms with Gasteiger partial charge in [0.1, 0.15) is 0 Å². The molecule has 0 saturated heterocycles. The third kappa shape index (κ3) is 4.92. The molecule has 2 nitrogen and oxygen atoms in total. The summed E-state index contributed by atoms with van der Waals surface area (Å²) in [4.78, 5) is 11.8. The van der Waals surface area contributed by atoms with Gasteiger partial charge < -0.3 is 5.32 Å². The van der Waals surface area contributed by atoms with Gasteiger partial charge in [-0.1, -0.05) is 13.8 Å². The van der Waals surface area contributed by atoms with E-state index in [0.717, 1.165) is 5.69 Å². The summed E-state index contributed by atoms with van der Waals surface area (Å²) in [5.74, 6) is -0.0353. The second-order valence-electron chi connectivity index (χ2n) is 2.41. The summed E-state index contributed by atoms with van der Waals surface area (Å²) in [6.07, 6.45) is 2.02. The van der Waals surface area contributed by atoms with Crippen LogP contribution in [0.4, 0.5) is 5.69 Å². The number of benzene rings is 1. The van der Waals surface area contributed by atoms with Crippen LogP contribution < -0.4 is 5.32 Å². The van der Waals surface area contributed by atoms with E-state index in [-0.39, 0.29) is 7.33 Å². The van der Waals surface area contributed by atoms with Gasteiger partial charge in [0, 0.05) is 18.9 Å². The number of thioether (sulfide) groups is 1. The average molecular weight is 213 g/mol. The lowest BCUT2D eigenvalue weighted by molar-refractivity contribution is -0.114. The number of rotatable bonds is 2. The van der Waals surface area contributed by atoms with Crippen molar-refractivity contribution in [2.75, 3.05) is 11.6 Å². The molecule has 0 saturated carbocycles. The van der Waals surface area contributed by atoms with E-state index in [1.54, 1.807) is 11.8 Å². The molecule has 0 aliphatic rings. The van der Waals surface area contributed by atoms with Crippen molar-refractivity contribution in [3.05, 3.63) is 24.3 Å². The van der Waals surface area contributed by atoms with E-state index < -0.39 is 0 Å². The van der Waals surface area contributed by atoms with Crippen LogP contribution in [0.2, 0.25) is 0 Å². The zero-order chi connectivity index (χ0) is 11.0. The molecule has 1 amide bonds. The molecular formula is C11H19NOS. The Morgan fingerprint density at radius 1 is 1.29 bits per heavy atom. The average Bonchev–Trinajstić information content (AvgIpc) is 2.21. The molecule has 0 spiro atoms. The van der Waals surface area contributed by atoms with Crippen LogP contribution in [0.5, 0.6) is 0 Å². The van der Waals surface area contributed by atoms with Crippen LogP contribution in [0.3, 0.4) is 0 Å². The number of hydrogen-bond acceptors (Lipinski definition) is 2. The topological polar surface area (TPSA) is 29.1 Å². The van der Waals surface area contributed by atoms with Gasteiger partial charge in [-0.2, -0.15) is 0 Å². The fraction of sp³-hybridized carbons (Fsp3) is 0.364. The summed E-state index contributed by atoms with van der Waals surface area (Å²) in [7, 11) is 0. The molecule has 0 aliphatic heterocycles. The number of nitrogens with one attached hydrogen (secondary N) is 1. The van der Waals surface area contributed by atoms with Crippen LogP contribution in [0.25, 0.3) is 0 Å². The second-order valence-corrected chi connectivity index (χ2v) is 3.29. The monoisotopic (exact) mass is 213 g/mol. The molecule has 80 valence electrons. The lowest BCUT2D eigenvalue weighted by Crippen LogP contribution is -2.05. The number of hydrogen-bond donors (Lipinski definition) is 1. The largest absolute Gasteiger partial charge is 0.326 e. The SMILES string of the molecule is CC.CSc1ccc(NC(C)=O)cc1.[HH]. The minimum absolute atomic E-state index is 0. The molecule has 3 heteroatoms. The van der Waals surface area contributed by atoms with E-state index in [1.807, 2.05) is 44.4 Å². The second kappa shape index (κ2) is 7.44. The van der Waals surface area contributed by atoms with E-state index >= 15 is 0 Å². The minimum Gasteiger partial charge on any atom is -0.326 e. The molecule has 0 aliphatic carbocycles. The molecule has 1 aromatic rings. The number of carbonyl (C=O) groups excluding carboxylic acids is 1. The van der Waals surface area contributed by atoms with E-state index in [0.29, 0.717) is 0 Å². The molecule has 0 radical (unpaired) electrons. The smallest absolute Gasteiger partial charge is 0.221 e. The summed E-state index contributed by atoms with van der Waals surface area (Å²) in [5, 5.41) is 2.71. The van der Waals surface area contributed by atoms with E-state index in [4.69, 9.17) is 0 Å². The van der Waals surface area contributed by atoms with Crippen LogP contribution in [0.1, 0.15) is 22.2 Å². The molecule has 0 heterocycles. The highest BCUT2D eigenvalue weighted by atomic mass is 32.2. The van der Waals surface area contributed by atoms with Crippen LogP contribution in [0.15, 0.2) is 29.2 Å². The summed E-state index contributed by atoms with van der Waals surface area (Å²) >= 11 is 1.68. The van der Waals surface area contributed by atoms with Crippen molar-refractivity contribution in [3.63, 3.8) is 0 Å². The first kappa shape index (κ1) is 13.0. The molecule has 0 aromatic heterocycles. The van der Waals surface area contributed by atoms with Gasteiger partial charge in [0.15, 0.2) is 0 Å². The van der Waals surface area contributed by atoms with Gasteiger partial charge in [0.2, 0.25) is 5.91 Å². The number of amides is 1. The molecule has 14 heavy (non-hydrogen) atoms. The van der Waals surface area contributed by atoms with Crippen molar-refractivity contribution < 1.29 is 6.22 Å². The van der Waals surface area contributed by atoms with E-state index in [1.165, 1.54) is 11.8 Å². The highest BCUT2D eigenvalue weighted by Crippen LogP contribution is 2.17. The maximum atomic E-state index is 10.7. The normalized spacial score (nSPS) is 8.57. The maximum absolute atomic E-state index is 10.7. The summed E-state index contributed by atoms with van der Waals surface area (Å²) in [5.41, 5.74) is 0.848. The Kier molecular flexibility index (Phi) is 6.93. The van der Waals surface area contributed by atoms with Crippen molar-refractivity contribution in [2.45, 2.75) is 25.7 Å². The first-order valence-electron chi connectivity index (χ1n) is 4.64. The summed E-state index contributed by atoms with van der Waals surface area (Å²) in [6, 6.07) is 7.76. The fourth-order valence-corrected chi connectivity index (χ4v) is 1.29. The highest BCUT2D eigenvalue weighted by Gasteiger charge is 1.94. The van der Waals surface area contributed by atoms with Crippen LogP contribution in [-0.4, -0.2) is 12.2 Å². The highest BCUT2D eigenvalue weighted by molar-refractivity contribution is 7.98. The molecule has 1 aromatic carbocycles. The first-order valence-corrected chi connectivity index (χ1v) is 5.86. The Labute approximate surface area is 91.6 Å². The lowest BCUT2D eigenvalue weighted by Gasteiger charge is -2.01. The minimum atomic E-state index is -0.0353. The predicted molar refractivity (Wildman–Crippen MR) is 66.0 cm³/mol. The van der Waals surface area contributed by atoms with Gasteiger partial charge in [0.05, 0.1) is 0 Å². The zero-order valence-electron chi connectivity index (χ0n) is 9.13. The van der Waals surface area contributed by atoms with Gasteiger partial charge >= 0.3 is 0 Å². The van der Waals surface area contributed by atoms with Gasteiger partial charge in [-0.05, 0) is 30.5 Å². The first-order chi connectivity index (χ1) is 6.72. The molecule has 1 rings (SSSR count). The van der Waals surface area contributed by atoms with Crippen molar-refractivity contribution >= 4 is 23.4 Å². The Bertz CT molecular complexity index is 274. The maximum Gasteiger partial charge on any atom is 0.221 e. The van der Waals surface area contributed by atoms with Gasteiger partial charge in [0.25, 0.3) is 0 Å². The molecule has 0 fully saturated rings. The molecule has 0 atom stereocenters. The predicted octanol–water partition coefficient (Wildman–Crippen LogP) is 3.64. The lowest BCUT2D eigenvalue weighted by atomic mass is 10.3. The van der Waals surface area contributed by atoms with Crippen LogP contribution in [-0.2, 0) is 4.79 Å². The summed E-state index contributed by atoms with van der Waals surface area (Å²) < 4.78 is 0. The molecule has 0 bridgehead atoms. The number of carbonyl (C=O) groups is 1. The van der Waals surface area contributed by atoms with Gasteiger partial charge in [-0.25, -0.2) is 0 Å². The van der Waals surface area contributed by atoms with Crippen LogP contribution in [0, 0.1) is 0 Å². The number of anilines is 1. The summed E-state index contributed by atoms with van der Waals surface area (Å²) in [6.45, 7) is 5.50. The fourth-order valence-electron chi connectivity index (χ4n) is 0.878. The van der Waals surface area contributed by atoms with Crippen molar-refractivity contribution in [2.24, 2.45) is 0 Å². The van der Waals surface area contributed by atoms with Crippen molar-refractivity contribution in [1.82, 2.24) is 0 Å². The Balaban J connectivity index is 0. The van der Waals surface area contributed by atoms with Crippen LogP contribution >= 0.6 is 11.8 Å². The zero-order valence-corrected chi connectivity index (χ0v) is 9.94. The quantitative estimate of drug-likeness (QED) is 0.760. The third-order valence-corrected chi connectivity index (χ3v) is 2.15. The van der Waals surface area contributed by atoms with Crippen molar-refractivity contribution in [1.29, 1.82) is 0 Å². The van der Waals surface area contributed by atoms with E-state index in [2.05, 4.69) is 5.32 Å². The third-order valence-electron chi connectivity index (χ3n) is 1.41. The van der Waals surface area contributed by atoms with Gasteiger partial charge in [-0.15, -0.1) is 11.8 Å².